The zero-order valence-corrected chi connectivity index (χ0v) is 8.68. The van der Waals surface area contributed by atoms with Crippen molar-refractivity contribution < 1.29 is 18.7 Å². The number of aliphatic carboxylic acids is 1. The minimum Gasteiger partial charge on any atom is -0.481 e. The topological polar surface area (TPSA) is 37.3 Å². The fourth-order valence-corrected chi connectivity index (χ4v) is 1.51. The smallest absolute Gasteiger partial charge is 0.311 e. The van der Waals surface area contributed by atoms with Gasteiger partial charge in [-0.3, -0.25) is 4.79 Å². The third-order valence-electron chi connectivity index (χ3n) is 2.15. The van der Waals surface area contributed by atoms with E-state index in [0.717, 1.165) is 12.1 Å². The number of rotatable bonds is 3. The van der Waals surface area contributed by atoms with Crippen LogP contribution >= 0.6 is 11.6 Å². The summed E-state index contributed by atoms with van der Waals surface area (Å²) in [4.78, 5) is 10.8. The number of halogens is 3. The van der Waals surface area contributed by atoms with Crippen LogP contribution in [0.5, 0.6) is 0 Å². The van der Waals surface area contributed by atoms with Gasteiger partial charge in [0.25, 0.3) is 0 Å². The lowest BCUT2D eigenvalue weighted by atomic mass is 9.96. The van der Waals surface area contributed by atoms with Crippen molar-refractivity contribution in [3.8, 4) is 0 Å². The van der Waals surface area contributed by atoms with E-state index < -0.39 is 28.5 Å². The van der Waals surface area contributed by atoms with Crippen LogP contribution in [0.4, 0.5) is 8.78 Å². The maximum absolute atomic E-state index is 13.4. The van der Waals surface area contributed by atoms with Gasteiger partial charge in [-0.1, -0.05) is 24.6 Å². The average molecular weight is 235 g/mol. The van der Waals surface area contributed by atoms with E-state index in [2.05, 4.69) is 0 Å². The van der Waals surface area contributed by atoms with Crippen LogP contribution in [0.15, 0.2) is 12.1 Å². The van der Waals surface area contributed by atoms with Gasteiger partial charge in [-0.05, 0) is 12.5 Å². The maximum atomic E-state index is 13.4. The van der Waals surface area contributed by atoms with Gasteiger partial charge in [-0.25, -0.2) is 8.78 Å². The van der Waals surface area contributed by atoms with Crippen LogP contribution in [-0.4, -0.2) is 11.1 Å². The Kier molecular flexibility index (Phi) is 3.63. The van der Waals surface area contributed by atoms with Crippen LogP contribution in [0.1, 0.15) is 24.8 Å². The molecule has 0 saturated heterocycles. The van der Waals surface area contributed by atoms with Crippen molar-refractivity contribution in [3.05, 3.63) is 34.4 Å². The van der Waals surface area contributed by atoms with Crippen molar-refractivity contribution in [1.29, 1.82) is 0 Å². The second kappa shape index (κ2) is 4.57. The Morgan fingerprint density at radius 3 is 2.60 bits per heavy atom. The van der Waals surface area contributed by atoms with Gasteiger partial charge in [0.2, 0.25) is 0 Å². The Morgan fingerprint density at radius 1 is 1.53 bits per heavy atom. The number of carboxylic acids is 1. The van der Waals surface area contributed by atoms with Crippen molar-refractivity contribution in [2.75, 3.05) is 0 Å². The lowest BCUT2D eigenvalue weighted by molar-refractivity contribution is -0.138. The summed E-state index contributed by atoms with van der Waals surface area (Å²) in [6.45, 7) is 1.61. The van der Waals surface area contributed by atoms with Crippen molar-refractivity contribution in [1.82, 2.24) is 0 Å². The fourth-order valence-electron chi connectivity index (χ4n) is 1.34. The zero-order chi connectivity index (χ0) is 11.6. The van der Waals surface area contributed by atoms with Crippen molar-refractivity contribution in [2.24, 2.45) is 0 Å². The summed E-state index contributed by atoms with van der Waals surface area (Å²) in [7, 11) is 0. The largest absolute Gasteiger partial charge is 0.481 e. The first-order valence-electron chi connectivity index (χ1n) is 4.35. The van der Waals surface area contributed by atoms with Crippen LogP contribution in [0.25, 0.3) is 0 Å². The molecule has 0 radical (unpaired) electrons. The summed E-state index contributed by atoms with van der Waals surface area (Å²) >= 11 is 5.35. The van der Waals surface area contributed by atoms with Gasteiger partial charge in [-0.15, -0.1) is 0 Å². The van der Waals surface area contributed by atoms with E-state index in [0.29, 0.717) is 0 Å². The number of hydrogen-bond acceptors (Lipinski definition) is 1. The summed E-state index contributed by atoms with van der Waals surface area (Å²) in [5.41, 5.74) is -0.0867. The Bertz CT molecular complexity index is 393. The van der Waals surface area contributed by atoms with Crippen LogP contribution in [0.2, 0.25) is 5.02 Å². The molecule has 0 aliphatic heterocycles. The third kappa shape index (κ3) is 2.26. The summed E-state index contributed by atoms with van der Waals surface area (Å²) in [6.07, 6.45) is 0.216. The molecule has 0 aromatic heterocycles. The lowest BCUT2D eigenvalue weighted by Gasteiger charge is -2.11. The minimum atomic E-state index is -1.15. The molecule has 2 nitrogen and oxygen atoms in total. The molecule has 1 atom stereocenters. The van der Waals surface area contributed by atoms with E-state index in [9.17, 15) is 13.6 Å². The molecule has 0 saturated carbocycles. The molecule has 0 bridgehead atoms. The normalized spacial score (nSPS) is 12.5. The SMILES string of the molecule is CCC(C(=O)O)c1ccc(F)c(Cl)c1F. The molecule has 1 N–H and O–H groups in total. The molecule has 15 heavy (non-hydrogen) atoms. The standard InChI is InChI=1S/C10H9ClF2O2/c1-2-5(10(14)15)6-3-4-7(12)8(11)9(6)13/h3-5H,2H2,1H3,(H,14,15). The molecule has 0 heterocycles. The second-order valence-electron chi connectivity index (χ2n) is 3.06. The molecular formula is C10H9ClF2O2. The van der Waals surface area contributed by atoms with Crippen LogP contribution in [-0.2, 0) is 4.79 Å². The van der Waals surface area contributed by atoms with E-state index in [1.165, 1.54) is 0 Å². The summed E-state index contributed by atoms with van der Waals surface area (Å²) < 4.78 is 26.2. The zero-order valence-electron chi connectivity index (χ0n) is 7.93. The predicted octanol–water partition coefficient (Wildman–Crippen LogP) is 3.20. The number of hydrogen-bond donors (Lipinski definition) is 1. The van der Waals surface area contributed by atoms with E-state index >= 15 is 0 Å². The van der Waals surface area contributed by atoms with Gasteiger partial charge in [0.1, 0.15) is 16.7 Å². The number of benzene rings is 1. The molecule has 1 unspecified atom stereocenters. The van der Waals surface area contributed by atoms with Crippen LogP contribution < -0.4 is 0 Å². The first-order chi connectivity index (χ1) is 6.99. The van der Waals surface area contributed by atoms with Gasteiger partial charge in [0.15, 0.2) is 0 Å². The molecule has 82 valence electrons. The number of carbonyl (C=O) groups is 1. The van der Waals surface area contributed by atoms with Gasteiger partial charge in [0.05, 0.1) is 5.92 Å². The first kappa shape index (κ1) is 11.9. The molecule has 5 heteroatoms. The minimum absolute atomic E-state index is 0.0867. The fraction of sp³-hybridized carbons (Fsp3) is 0.300. The van der Waals surface area contributed by atoms with Crippen LogP contribution in [0, 0.1) is 11.6 Å². The van der Waals surface area contributed by atoms with Crippen molar-refractivity contribution >= 4 is 17.6 Å². The Morgan fingerprint density at radius 2 is 2.13 bits per heavy atom. The molecule has 0 amide bonds. The van der Waals surface area contributed by atoms with E-state index in [1.807, 2.05) is 0 Å². The van der Waals surface area contributed by atoms with Gasteiger partial charge in [0, 0.05) is 5.56 Å². The molecule has 0 aliphatic rings. The molecular weight excluding hydrogens is 226 g/mol. The number of carboxylic acid groups (broad SMARTS) is 1. The highest BCUT2D eigenvalue weighted by molar-refractivity contribution is 6.31. The molecule has 0 aliphatic carbocycles. The summed E-state index contributed by atoms with van der Waals surface area (Å²) in [5, 5.41) is 8.15. The highest BCUT2D eigenvalue weighted by Crippen LogP contribution is 2.29. The van der Waals surface area contributed by atoms with E-state index in [-0.39, 0.29) is 12.0 Å². The second-order valence-corrected chi connectivity index (χ2v) is 3.44. The first-order valence-corrected chi connectivity index (χ1v) is 4.73. The van der Waals surface area contributed by atoms with Crippen LogP contribution in [0.3, 0.4) is 0 Å². The summed E-state index contributed by atoms with van der Waals surface area (Å²) in [5.74, 6) is -4.04. The molecule has 1 aromatic carbocycles. The molecule has 1 aromatic rings. The maximum Gasteiger partial charge on any atom is 0.311 e. The summed E-state index contributed by atoms with van der Waals surface area (Å²) in [6, 6.07) is 2.07. The molecule has 0 spiro atoms. The molecule has 0 fully saturated rings. The highest BCUT2D eigenvalue weighted by Gasteiger charge is 2.23. The Labute approximate surface area is 90.5 Å². The van der Waals surface area contributed by atoms with Crippen molar-refractivity contribution in [3.63, 3.8) is 0 Å². The lowest BCUT2D eigenvalue weighted by Crippen LogP contribution is -2.12. The highest BCUT2D eigenvalue weighted by atomic mass is 35.5. The Balaban J connectivity index is 3.25. The van der Waals surface area contributed by atoms with Gasteiger partial charge < -0.3 is 5.11 Å². The van der Waals surface area contributed by atoms with E-state index in [1.54, 1.807) is 6.92 Å². The molecule has 1 rings (SSSR count). The van der Waals surface area contributed by atoms with Gasteiger partial charge in [-0.2, -0.15) is 0 Å². The average Bonchev–Trinajstić information content (AvgIpc) is 2.18. The third-order valence-corrected chi connectivity index (χ3v) is 2.49. The Hall–Kier alpha value is -1.16. The quantitative estimate of drug-likeness (QED) is 0.816. The van der Waals surface area contributed by atoms with Crippen molar-refractivity contribution in [2.45, 2.75) is 19.3 Å². The van der Waals surface area contributed by atoms with E-state index in [4.69, 9.17) is 16.7 Å². The van der Waals surface area contributed by atoms with Gasteiger partial charge >= 0.3 is 5.97 Å². The predicted molar refractivity (Wildman–Crippen MR) is 52.0 cm³/mol. The monoisotopic (exact) mass is 234 g/mol.